The molecule has 4 rings (SSSR count). The van der Waals surface area contributed by atoms with Crippen molar-refractivity contribution in [1.82, 2.24) is 9.80 Å². The fourth-order valence-corrected chi connectivity index (χ4v) is 3.92. The second-order valence-corrected chi connectivity index (χ2v) is 7.42. The van der Waals surface area contributed by atoms with Crippen molar-refractivity contribution in [2.75, 3.05) is 16.5 Å². The van der Waals surface area contributed by atoms with Gasteiger partial charge in [0, 0.05) is 36.2 Å². The fraction of sp³-hybridized carbons (Fsp3) is 0.304. The molecule has 0 fully saturated rings. The van der Waals surface area contributed by atoms with Crippen molar-refractivity contribution >= 4 is 11.4 Å². The van der Waals surface area contributed by atoms with Gasteiger partial charge in [-0.25, -0.2) is 0 Å². The average molecular weight is 361 g/mol. The Bertz CT molecular complexity index is 801. The third-order valence-electron chi connectivity index (χ3n) is 5.72. The van der Waals surface area contributed by atoms with Crippen LogP contribution in [0.2, 0.25) is 0 Å². The van der Waals surface area contributed by atoms with Crippen molar-refractivity contribution in [1.29, 1.82) is 0 Å². The van der Waals surface area contributed by atoms with Gasteiger partial charge in [0.1, 0.15) is 12.3 Å². The first-order valence-corrected chi connectivity index (χ1v) is 9.62. The molecule has 140 valence electrons. The van der Waals surface area contributed by atoms with Crippen LogP contribution in [0.4, 0.5) is 11.4 Å². The first kappa shape index (κ1) is 17.5. The van der Waals surface area contributed by atoms with Gasteiger partial charge < -0.3 is 19.6 Å². The Morgan fingerprint density at radius 3 is 1.44 bits per heavy atom. The molecule has 4 heteroatoms. The van der Waals surface area contributed by atoms with E-state index in [1.54, 1.807) is 0 Å². The summed E-state index contributed by atoms with van der Waals surface area (Å²) >= 11 is 0. The molecule has 2 aromatic carbocycles. The third kappa shape index (κ3) is 3.16. The first-order valence-electron chi connectivity index (χ1n) is 9.62. The van der Waals surface area contributed by atoms with E-state index >= 15 is 0 Å². The Morgan fingerprint density at radius 1 is 0.630 bits per heavy atom. The number of hydrogen-bond donors (Lipinski definition) is 0. The summed E-state index contributed by atoms with van der Waals surface area (Å²) in [6.45, 7) is 9.72. The lowest BCUT2D eigenvalue weighted by Crippen LogP contribution is -2.45. The average Bonchev–Trinajstić information content (AvgIpc) is 3.20. The van der Waals surface area contributed by atoms with E-state index in [-0.39, 0.29) is 0 Å². The van der Waals surface area contributed by atoms with Crippen LogP contribution in [-0.2, 0) is 0 Å². The molecule has 4 nitrogen and oxygen atoms in total. The summed E-state index contributed by atoms with van der Waals surface area (Å²) in [5.74, 6) is 0. The quantitative estimate of drug-likeness (QED) is 0.773. The third-order valence-corrected chi connectivity index (χ3v) is 5.72. The number of aryl methyl sites for hydroxylation is 2. The van der Waals surface area contributed by atoms with E-state index in [1.165, 1.54) is 22.5 Å². The van der Waals surface area contributed by atoms with Crippen molar-refractivity contribution in [2.24, 2.45) is 0 Å². The van der Waals surface area contributed by atoms with Crippen LogP contribution in [-0.4, -0.2) is 28.8 Å². The Hall–Kier alpha value is -2.88. The van der Waals surface area contributed by atoms with Crippen LogP contribution in [0.25, 0.3) is 0 Å². The summed E-state index contributed by atoms with van der Waals surface area (Å²) in [6, 6.07) is 17.1. The molecule has 0 unspecified atom stereocenters. The highest BCUT2D eigenvalue weighted by atomic mass is 15.5. The predicted octanol–water partition coefficient (Wildman–Crippen LogP) is 4.84. The van der Waals surface area contributed by atoms with Gasteiger partial charge in [0.15, 0.2) is 0 Å². The van der Waals surface area contributed by atoms with Crippen LogP contribution in [0.5, 0.6) is 0 Å². The van der Waals surface area contributed by atoms with Gasteiger partial charge >= 0.3 is 0 Å². The van der Waals surface area contributed by atoms with Crippen LogP contribution in [0, 0.1) is 13.8 Å². The van der Waals surface area contributed by atoms with Gasteiger partial charge in [-0.05, 0) is 51.0 Å². The number of para-hydroxylation sites is 2. The lowest BCUT2D eigenvalue weighted by Gasteiger charge is -2.36. The highest BCUT2D eigenvalue weighted by molar-refractivity contribution is 5.58. The number of benzene rings is 2. The molecule has 2 aliphatic heterocycles. The molecular weight excluding hydrogens is 332 g/mol. The van der Waals surface area contributed by atoms with Gasteiger partial charge in [0.25, 0.3) is 0 Å². The van der Waals surface area contributed by atoms with Gasteiger partial charge in [-0.2, -0.15) is 0 Å². The minimum Gasteiger partial charge on any atom is -0.338 e. The van der Waals surface area contributed by atoms with Crippen LogP contribution in [0.1, 0.15) is 25.0 Å². The van der Waals surface area contributed by atoms with E-state index in [4.69, 9.17) is 0 Å². The molecule has 0 radical (unpaired) electrons. The second kappa shape index (κ2) is 7.03. The lowest BCUT2D eigenvalue weighted by atomic mass is 10.2. The molecule has 0 saturated heterocycles. The van der Waals surface area contributed by atoms with E-state index in [9.17, 15) is 0 Å². The molecule has 2 atom stereocenters. The normalized spacial score (nSPS) is 21.6. The molecule has 0 aliphatic carbocycles. The van der Waals surface area contributed by atoms with Crippen molar-refractivity contribution in [3.05, 3.63) is 84.5 Å². The largest absolute Gasteiger partial charge is 0.338 e. The first-order chi connectivity index (χ1) is 13.1. The standard InChI is InChI=1S/C23H28N4/c1-18-9-5-7-11-22(18)26-15-13-24(20(26)3)17-25-14-16-27(21(25)4)23-12-8-6-10-19(23)2/h5-16,20-21H,17H2,1-4H3/t20-,21+. The van der Waals surface area contributed by atoms with E-state index < -0.39 is 0 Å². The molecule has 2 heterocycles. The zero-order chi connectivity index (χ0) is 19.0. The van der Waals surface area contributed by atoms with Crippen molar-refractivity contribution < 1.29 is 0 Å². The van der Waals surface area contributed by atoms with Crippen molar-refractivity contribution in [3.8, 4) is 0 Å². The number of anilines is 2. The minimum atomic E-state index is 0.291. The minimum absolute atomic E-state index is 0.291. The molecule has 0 spiro atoms. The maximum atomic E-state index is 2.38. The van der Waals surface area contributed by atoms with E-state index in [0.717, 1.165) is 6.67 Å². The Balaban J connectivity index is 1.45. The molecular formula is C23H28N4. The lowest BCUT2D eigenvalue weighted by molar-refractivity contribution is 0.176. The smallest absolute Gasteiger partial charge is 0.104 e. The monoisotopic (exact) mass is 360 g/mol. The summed E-state index contributed by atoms with van der Waals surface area (Å²) in [4.78, 5) is 9.46. The van der Waals surface area contributed by atoms with Crippen LogP contribution in [0.3, 0.4) is 0 Å². The summed E-state index contributed by atoms with van der Waals surface area (Å²) in [6.07, 6.45) is 9.37. The summed E-state index contributed by atoms with van der Waals surface area (Å²) < 4.78 is 0. The molecule has 0 amide bonds. The van der Waals surface area contributed by atoms with Crippen molar-refractivity contribution in [3.63, 3.8) is 0 Å². The van der Waals surface area contributed by atoms with Crippen LogP contribution in [0.15, 0.2) is 73.3 Å². The van der Waals surface area contributed by atoms with Gasteiger partial charge in [-0.1, -0.05) is 36.4 Å². The maximum absolute atomic E-state index is 2.38. The zero-order valence-electron chi connectivity index (χ0n) is 16.6. The highest BCUT2D eigenvalue weighted by Crippen LogP contribution is 2.30. The Labute approximate surface area is 162 Å². The molecule has 0 saturated carbocycles. The fourth-order valence-electron chi connectivity index (χ4n) is 3.92. The summed E-state index contributed by atoms with van der Waals surface area (Å²) in [7, 11) is 0. The predicted molar refractivity (Wildman–Crippen MR) is 113 cm³/mol. The second-order valence-electron chi connectivity index (χ2n) is 7.42. The van der Waals surface area contributed by atoms with E-state index in [0.29, 0.717) is 12.3 Å². The maximum Gasteiger partial charge on any atom is 0.104 e. The molecule has 2 aliphatic rings. The Morgan fingerprint density at radius 2 is 1.04 bits per heavy atom. The number of rotatable bonds is 4. The molecule has 0 bridgehead atoms. The molecule has 0 N–H and O–H groups in total. The van der Waals surface area contributed by atoms with Crippen LogP contribution < -0.4 is 9.80 Å². The van der Waals surface area contributed by atoms with Gasteiger partial charge in [-0.15, -0.1) is 0 Å². The summed E-state index contributed by atoms with van der Waals surface area (Å²) in [5.41, 5.74) is 5.15. The Kier molecular flexibility index (Phi) is 4.56. The number of nitrogens with zero attached hydrogens (tertiary/aromatic N) is 4. The topological polar surface area (TPSA) is 13.0 Å². The SMILES string of the molecule is Cc1ccccc1N1C=CN(CN2C=CN(c3ccccc3C)[C@H]2C)[C@H]1C. The van der Waals surface area contributed by atoms with E-state index in [1.807, 2.05) is 0 Å². The summed E-state index contributed by atoms with van der Waals surface area (Å²) in [5, 5.41) is 0. The molecule has 27 heavy (non-hydrogen) atoms. The van der Waals surface area contributed by atoms with Gasteiger partial charge in [-0.3, -0.25) is 0 Å². The van der Waals surface area contributed by atoms with Gasteiger partial charge in [0.05, 0.1) is 6.67 Å². The van der Waals surface area contributed by atoms with Gasteiger partial charge in [0.2, 0.25) is 0 Å². The molecule has 0 aromatic heterocycles. The number of hydrogen-bond acceptors (Lipinski definition) is 4. The van der Waals surface area contributed by atoms with E-state index in [2.05, 4.69) is 121 Å². The molecule has 2 aromatic rings. The highest BCUT2D eigenvalue weighted by Gasteiger charge is 2.29. The van der Waals surface area contributed by atoms with Crippen LogP contribution >= 0.6 is 0 Å². The van der Waals surface area contributed by atoms with Crippen molar-refractivity contribution in [2.45, 2.75) is 40.0 Å². The zero-order valence-corrected chi connectivity index (χ0v) is 16.6.